The number of aryl methyl sites for hydroxylation is 1. The number of aliphatic carboxylic acids is 1. The summed E-state index contributed by atoms with van der Waals surface area (Å²) in [5.74, 6) is -0.418. The molecule has 36 heavy (non-hydrogen) atoms. The minimum absolute atomic E-state index is 0.0205. The van der Waals surface area contributed by atoms with Gasteiger partial charge in [-0.05, 0) is 78.1 Å². The van der Waals surface area contributed by atoms with Crippen LogP contribution in [0.5, 0.6) is 11.5 Å². The molecule has 0 fully saturated rings. The number of ether oxygens (including phenoxy) is 2. The zero-order valence-corrected chi connectivity index (χ0v) is 20.6. The first-order valence-electron chi connectivity index (χ1n) is 11.3. The monoisotopic (exact) mass is 521 g/mol. The summed E-state index contributed by atoms with van der Waals surface area (Å²) >= 11 is 6.03. The Morgan fingerprint density at radius 2 is 1.86 bits per heavy atom. The molecule has 9 heteroatoms. The van der Waals surface area contributed by atoms with Gasteiger partial charge in [0.05, 0.1) is 12.7 Å². The third kappa shape index (κ3) is 7.63. The zero-order chi connectivity index (χ0) is 26.3. The van der Waals surface area contributed by atoms with Gasteiger partial charge in [-0.3, -0.25) is 4.79 Å². The molecule has 0 aliphatic carbocycles. The summed E-state index contributed by atoms with van der Waals surface area (Å²) in [4.78, 5) is 11.0. The van der Waals surface area contributed by atoms with Crippen molar-refractivity contribution in [3.8, 4) is 22.6 Å². The van der Waals surface area contributed by atoms with Crippen molar-refractivity contribution in [1.82, 2.24) is 5.32 Å². The molecule has 0 aromatic heterocycles. The normalized spacial score (nSPS) is 12.3. The number of halogens is 4. The minimum atomic E-state index is -4.56. The van der Waals surface area contributed by atoms with Gasteiger partial charge in [0.1, 0.15) is 18.1 Å². The second kappa shape index (κ2) is 12.1. The zero-order valence-electron chi connectivity index (χ0n) is 19.9. The van der Waals surface area contributed by atoms with E-state index in [4.69, 9.17) is 26.2 Å². The summed E-state index contributed by atoms with van der Waals surface area (Å²) in [5.41, 5.74) is 1.55. The fourth-order valence-electron chi connectivity index (χ4n) is 3.75. The molecule has 0 amide bonds. The lowest BCUT2D eigenvalue weighted by atomic mass is 9.98. The molecule has 5 nitrogen and oxygen atoms in total. The van der Waals surface area contributed by atoms with Crippen molar-refractivity contribution in [3.05, 3.63) is 82.4 Å². The second-order valence-electron chi connectivity index (χ2n) is 8.24. The average Bonchev–Trinajstić information content (AvgIpc) is 2.84. The number of nitrogens with one attached hydrogen (secondary N) is 1. The van der Waals surface area contributed by atoms with Crippen LogP contribution in [0, 0.1) is 0 Å². The Kier molecular flexibility index (Phi) is 9.23. The van der Waals surface area contributed by atoms with E-state index in [1.54, 1.807) is 30.3 Å². The van der Waals surface area contributed by atoms with Crippen molar-refractivity contribution in [2.24, 2.45) is 0 Å². The highest BCUT2D eigenvalue weighted by Gasteiger charge is 2.31. The van der Waals surface area contributed by atoms with Crippen LogP contribution in [0.3, 0.4) is 0 Å². The van der Waals surface area contributed by atoms with Crippen molar-refractivity contribution in [2.45, 2.75) is 32.0 Å². The summed E-state index contributed by atoms with van der Waals surface area (Å²) < 4.78 is 51.8. The molecular formula is C27H27ClF3NO4. The molecule has 2 N–H and O–H groups in total. The van der Waals surface area contributed by atoms with Crippen LogP contribution in [0.25, 0.3) is 11.1 Å². The number of hydrogen-bond acceptors (Lipinski definition) is 4. The van der Waals surface area contributed by atoms with Crippen LogP contribution in [0.15, 0.2) is 60.7 Å². The number of hydrogen-bond donors (Lipinski definition) is 2. The summed E-state index contributed by atoms with van der Waals surface area (Å²) in [6, 6.07) is 15.9. The van der Waals surface area contributed by atoms with Gasteiger partial charge >= 0.3 is 12.1 Å². The molecular weight excluding hydrogens is 495 g/mol. The third-order valence-electron chi connectivity index (χ3n) is 5.63. The van der Waals surface area contributed by atoms with Crippen LogP contribution >= 0.6 is 11.6 Å². The Morgan fingerprint density at radius 1 is 1.08 bits per heavy atom. The highest BCUT2D eigenvalue weighted by atomic mass is 35.5. The third-order valence-corrected chi connectivity index (χ3v) is 5.86. The minimum Gasteiger partial charge on any atom is -0.496 e. The molecule has 0 bridgehead atoms. The van der Waals surface area contributed by atoms with E-state index in [1.165, 1.54) is 7.11 Å². The van der Waals surface area contributed by atoms with E-state index in [1.807, 2.05) is 25.1 Å². The van der Waals surface area contributed by atoms with Crippen molar-refractivity contribution in [2.75, 3.05) is 20.3 Å². The van der Waals surface area contributed by atoms with Gasteiger partial charge in [-0.1, -0.05) is 29.8 Å². The predicted octanol–water partition coefficient (Wildman–Crippen LogP) is 6.78. The van der Waals surface area contributed by atoms with Crippen molar-refractivity contribution < 1.29 is 32.5 Å². The van der Waals surface area contributed by atoms with Gasteiger partial charge in [0.25, 0.3) is 0 Å². The van der Waals surface area contributed by atoms with Crippen LogP contribution in [-0.2, 0) is 17.4 Å². The fourth-order valence-corrected chi connectivity index (χ4v) is 3.94. The molecule has 0 spiro atoms. The van der Waals surface area contributed by atoms with Gasteiger partial charge in [-0.25, -0.2) is 0 Å². The number of rotatable bonds is 11. The molecule has 3 aromatic carbocycles. The lowest BCUT2D eigenvalue weighted by molar-refractivity contribution is -0.138. The Bertz CT molecular complexity index is 1200. The number of benzene rings is 3. The first-order valence-corrected chi connectivity index (χ1v) is 11.7. The van der Waals surface area contributed by atoms with Gasteiger partial charge < -0.3 is 19.9 Å². The van der Waals surface area contributed by atoms with Crippen LogP contribution < -0.4 is 14.8 Å². The summed E-state index contributed by atoms with van der Waals surface area (Å²) in [5, 5.41) is 12.9. The standard InChI is InChI=1S/C27H27ClF3NO4/c1-17(18-4-3-5-23(28)14-18)32-10-11-36-24-15-21(13-22(16-24)27(29,30)31)19-6-8-25(35-2)20(12-19)7-9-26(33)34/h3-6,8,12-17,32H,7,9-11H2,1-2H3,(H,33,34)/t17-/m1/s1. The molecule has 0 aliphatic heterocycles. The Balaban J connectivity index is 1.78. The summed E-state index contributed by atoms with van der Waals surface area (Å²) in [6.45, 7) is 2.51. The van der Waals surface area contributed by atoms with Crippen LogP contribution in [-0.4, -0.2) is 31.3 Å². The van der Waals surface area contributed by atoms with Crippen molar-refractivity contribution in [3.63, 3.8) is 0 Å². The summed E-state index contributed by atoms with van der Waals surface area (Å²) in [7, 11) is 1.46. The molecule has 0 saturated carbocycles. The molecule has 0 radical (unpaired) electrons. The first kappa shape index (κ1) is 27.4. The Labute approximate surface area is 212 Å². The highest BCUT2D eigenvalue weighted by molar-refractivity contribution is 6.30. The molecule has 0 saturated heterocycles. The molecule has 0 unspecified atom stereocenters. The van der Waals surface area contributed by atoms with E-state index in [-0.39, 0.29) is 31.2 Å². The van der Waals surface area contributed by atoms with Crippen LogP contribution in [0.4, 0.5) is 13.2 Å². The molecule has 3 rings (SSSR count). The highest BCUT2D eigenvalue weighted by Crippen LogP contribution is 2.37. The van der Waals surface area contributed by atoms with E-state index >= 15 is 0 Å². The quantitative estimate of drug-likeness (QED) is 0.272. The molecule has 3 aromatic rings. The van der Waals surface area contributed by atoms with Crippen LogP contribution in [0.1, 0.15) is 36.1 Å². The first-order chi connectivity index (χ1) is 17.1. The SMILES string of the molecule is COc1ccc(-c2cc(OCCN[C@H](C)c3cccc(Cl)c3)cc(C(F)(F)F)c2)cc1CCC(=O)O. The van der Waals surface area contributed by atoms with Gasteiger partial charge in [0.2, 0.25) is 0 Å². The molecule has 0 heterocycles. The smallest absolute Gasteiger partial charge is 0.416 e. The number of carboxylic acids is 1. The fraction of sp³-hybridized carbons (Fsp3) is 0.296. The number of carbonyl (C=O) groups is 1. The van der Waals surface area contributed by atoms with E-state index < -0.39 is 17.7 Å². The number of carboxylic acid groups (broad SMARTS) is 1. The van der Waals surface area contributed by atoms with Gasteiger partial charge in [-0.2, -0.15) is 13.2 Å². The van der Waals surface area contributed by atoms with E-state index in [0.717, 1.165) is 17.7 Å². The predicted molar refractivity (Wildman–Crippen MR) is 133 cm³/mol. The topological polar surface area (TPSA) is 67.8 Å². The van der Waals surface area contributed by atoms with Crippen molar-refractivity contribution in [1.29, 1.82) is 0 Å². The number of methoxy groups -OCH3 is 1. The molecule has 1 atom stereocenters. The maximum atomic E-state index is 13.6. The Hall–Kier alpha value is -3.23. The van der Waals surface area contributed by atoms with Gasteiger partial charge in [0, 0.05) is 24.0 Å². The molecule has 0 aliphatic rings. The van der Waals surface area contributed by atoms with E-state index in [2.05, 4.69) is 5.32 Å². The van der Waals surface area contributed by atoms with E-state index in [9.17, 15) is 18.0 Å². The number of alkyl halides is 3. The maximum Gasteiger partial charge on any atom is 0.416 e. The second-order valence-corrected chi connectivity index (χ2v) is 8.68. The van der Waals surface area contributed by atoms with Gasteiger partial charge in [0.15, 0.2) is 0 Å². The van der Waals surface area contributed by atoms with Crippen molar-refractivity contribution >= 4 is 17.6 Å². The van der Waals surface area contributed by atoms with Crippen LogP contribution in [0.2, 0.25) is 5.02 Å². The summed E-state index contributed by atoms with van der Waals surface area (Å²) in [6.07, 6.45) is -4.51. The largest absolute Gasteiger partial charge is 0.496 e. The van der Waals surface area contributed by atoms with Gasteiger partial charge in [-0.15, -0.1) is 0 Å². The van der Waals surface area contributed by atoms with E-state index in [0.29, 0.717) is 34.0 Å². The lowest BCUT2D eigenvalue weighted by Gasteiger charge is -2.17. The average molecular weight is 522 g/mol. The molecule has 192 valence electrons. The Morgan fingerprint density at radius 3 is 2.53 bits per heavy atom. The maximum absolute atomic E-state index is 13.6. The lowest BCUT2D eigenvalue weighted by Crippen LogP contribution is -2.24.